The molecular weight excluding hydrogens is 235 g/mol. The zero-order valence-electron chi connectivity index (χ0n) is 8.55. The average Bonchev–Trinajstić information content (AvgIpc) is 2.23. The minimum absolute atomic E-state index is 0.124. The number of carbonyl (C=O) groups is 1. The minimum Gasteiger partial charge on any atom is -0.396 e. The van der Waals surface area contributed by atoms with Crippen molar-refractivity contribution in [1.29, 1.82) is 0 Å². The van der Waals surface area contributed by atoms with Gasteiger partial charge < -0.3 is 10.6 Å². The number of carbonyl (C=O) groups excluding carboxylic acids is 1. The van der Waals surface area contributed by atoms with Gasteiger partial charge in [-0.1, -0.05) is 23.2 Å². The molecule has 0 aliphatic rings. The third-order valence-electron chi connectivity index (χ3n) is 2.15. The highest BCUT2D eigenvalue weighted by molar-refractivity contribution is 6.39. The monoisotopic (exact) mass is 246 g/mol. The fourth-order valence-corrected chi connectivity index (χ4v) is 1.56. The second-order valence-corrected chi connectivity index (χ2v) is 3.99. The Bertz CT molecular complexity index is 370. The summed E-state index contributed by atoms with van der Waals surface area (Å²) < 4.78 is 0. The van der Waals surface area contributed by atoms with Gasteiger partial charge in [-0.25, -0.2) is 0 Å². The van der Waals surface area contributed by atoms with E-state index in [2.05, 4.69) is 0 Å². The van der Waals surface area contributed by atoms with E-state index in [0.29, 0.717) is 27.8 Å². The van der Waals surface area contributed by atoms with Crippen molar-refractivity contribution in [2.75, 3.05) is 19.3 Å². The Morgan fingerprint density at radius 1 is 1.40 bits per heavy atom. The van der Waals surface area contributed by atoms with Gasteiger partial charge in [0, 0.05) is 19.2 Å². The summed E-state index contributed by atoms with van der Waals surface area (Å²) >= 11 is 11.7. The maximum absolute atomic E-state index is 11.8. The summed E-state index contributed by atoms with van der Waals surface area (Å²) in [6, 6.07) is 3.05. The van der Waals surface area contributed by atoms with Crippen LogP contribution in [0.3, 0.4) is 0 Å². The highest BCUT2D eigenvalue weighted by atomic mass is 35.5. The molecule has 5 heteroatoms. The van der Waals surface area contributed by atoms with Crippen molar-refractivity contribution in [2.24, 2.45) is 0 Å². The molecule has 0 saturated heterocycles. The Morgan fingerprint density at radius 3 is 2.27 bits per heavy atom. The van der Waals surface area contributed by atoms with Gasteiger partial charge in [-0.3, -0.25) is 4.79 Å². The Morgan fingerprint density at radius 2 is 1.87 bits per heavy atom. The SMILES string of the molecule is CCN(C)C(=O)c1cc(Cl)c(N)c(Cl)c1. The van der Waals surface area contributed by atoms with Crippen LogP contribution in [0.4, 0.5) is 5.69 Å². The van der Waals surface area contributed by atoms with Gasteiger partial charge in [0.15, 0.2) is 0 Å². The van der Waals surface area contributed by atoms with Crippen molar-refractivity contribution in [3.8, 4) is 0 Å². The van der Waals surface area contributed by atoms with Crippen molar-refractivity contribution in [1.82, 2.24) is 4.90 Å². The van der Waals surface area contributed by atoms with E-state index in [9.17, 15) is 4.79 Å². The Hall–Kier alpha value is -0.930. The number of hydrogen-bond acceptors (Lipinski definition) is 2. The Kier molecular flexibility index (Phi) is 3.83. The maximum atomic E-state index is 11.8. The number of hydrogen-bond donors (Lipinski definition) is 1. The van der Waals surface area contributed by atoms with E-state index >= 15 is 0 Å². The fourth-order valence-electron chi connectivity index (χ4n) is 1.07. The van der Waals surface area contributed by atoms with E-state index in [1.165, 1.54) is 12.1 Å². The van der Waals surface area contributed by atoms with E-state index in [4.69, 9.17) is 28.9 Å². The van der Waals surface area contributed by atoms with Crippen LogP contribution in [0.25, 0.3) is 0 Å². The molecule has 0 aliphatic heterocycles. The van der Waals surface area contributed by atoms with Gasteiger partial charge in [-0.15, -0.1) is 0 Å². The minimum atomic E-state index is -0.124. The molecule has 82 valence electrons. The molecule has 0 radical (unpaired) electrons. The molecule has 1 amide bonds. The Labute approximate surface area is 98.8 Å². The zero-order valence-corrected chi connectivity index (χ0v) is 10.1. The lowest BCUT2D eigenvalue weighted by atomic mass is 10.2. The predicted octanol–water partition coefficient (Wildman–Crippen LogP) is 2.67. The van der Waals surface area contributed by atoms with Crippen molar-refractivity contribution in [2.45, 2.75) is 6.92 Å². The first-order chi connectivity index (χ1) is 6.97. The summed E-state index contributed by atoms with van der Waals surface area (Å²) in [4.78, 5) is 13.3. The van der Waals surface area contributed by atoms with Crippen LogP contribution in [0, 0.1) is 0 Å². The molecule has 2 N–H and O–H groups in total. The molecule has 0 unspecified atom stereocenters. The van der Waals surface area contributed by atoms with Gasteiger partial charge >= 0.3 is 0 Å². The van der Waals surface area contributed by atoms with Crippen molar-refractivity contribution >= 4 is 34.8 Å². The number of rotatable bonds is 2. The highest BCUT2D eigenvalue weighted by Gasteiger charge is 2.13. The van der Waals surface area contributed by atoms with Gasteiger partial charge in [0.25, 0.3) is 5.91 Å². The lowest BCUT2D eigenvalue weighted by Crippen LogP contribution is -2.26. The topological polar surface area (TPSA) is 46.3 Å². The highest BCUT2D eigenvalue weighted by Crippen LogP contribution is 2.29. The van der Waals surface area contributed by atoms with Crippen molar-refractivity contribution < 1.29 is 4.79 Å². The lowest BCUT2D eigenvalue weighted by Gasteiger charge is -2.15. The molecular formula is C10H12Cl2N2O. The van der Waals surface area contributed by atoms with E-state index in [1.807, 2.05) is 6.92 Å². The fraction of sp³-hybridized carbons (Fsp3) is 0.300. The molecule has 0 saturated carbocycles. The van der Waals surface area contributed by atoms with E-state index < -0.39 is 0 Å². The second-order valence-electron chi connectivity index (χ2n) is 3.17. The molecule has 0 spiro atoms. The van der Waals surface area contributed by atoms with Crippen molar-refractivity contribution in [3.05, 3.63) is 27.7 Å². The quantitative estimate of drug-likeness (QED) is 0.816. The van der Waals surface area contributed by atoms with E-state index in [1.54, 1.807) is 11.9 Å². The smallest absolute Gasteiger partial charge is 0.253 e. The normalized spacial score (nSPS) is 10.1. The first-order valence-electron chi connectivity index (χ1n) is 4.47. The zero-order chi connectivity index (χ0) is 11.6. The molecule has 0 aromatic heterocycles. The number of nitrogens with two attached hydrogens (primary N) is 1. The molecule has 0 atom stereocenters. The average molecular weight is 247 g/mol. The Balaban J connectivity index is 3.12. The molecule has 0 heterocycles. The number of anilines is 1. The maximum Gasteiger partial charge on any atom is 0.253 e. The molecule has 0 fully saturated rings. The molecule has 1 aromatic carbocycles. The molecule has 0 aliphatic carbocycles. The van der Waals surface area contributed by atoms with Crippen LogP contribution in [-0.2, 0) is 0 Å². The van der Waals surface area contributed by atoms with Gasteiger partial charge in [0.1, 0.15) is 0 Å². The molecule has 1 rings (SSSR count). The molecule has 1 aromatic rings. The van der Waals surface area contributed by atoms with Gasteiger partial charge in [0.05, 0.1) is 15.7 Å². The van der Waals surface area contributed by atoms with Gasteiger partial charge in [-0.2, -0.15) is 0 Å². The number of nitrogens with zero attached hydrogens (tertiary/aromatic N) is 1. The number of halogens is 2. The number of nitrogen functional groups attached to an aromatic ring is 1. The van der Waals surface area contributed by atoms with Crippen LogP contribution < -0.4 is 5.73 Å². The lowest BCUT2D eigenvalue weighted by molar-refractivity contribution is 0.0802. The third kappa shape index (κ3) is 2.55. The summed E-state index contributed by atoms with van der Waals surface area (Å²) in [7, 11) is 1.71. The standard InChI is InChI=1S/C10H12Cl2N2O/c1-3-14(2)10(15)6-4-7(11)9(13)8(12)5-6/h4-5H,3,13H2,1-2H3. The van der Waals surface area contributed by atoms with Crippen LogP contribution in [0.15, 0.2) is 12.1 Å². The van der Waals surface area contributed by atoms with Gasteiger partial charge in [-0.05, 0) is 19.1 Å². The summed E-state index contributed by atoms with van der Waals surface area (Å²) in [5.74, 6) is -0.124. The van der Waals surface area contributed by atoms with E-state index in [-0.39, 0.29) is 5.91 Å². The second kappa shape index (κ2) is 4.73. The van der Waals surface area contributed by atoms with E-state index in [0.717, 1.165) is 0 Å². The van der Waals surface area contributed by atoms with Crippen LogP contribution in [0.5, 0.6) is 0 Å². The summed E-state index contributed by atoms with van der Waals surface area (Å²) in [5, 5.41) is 0.603. The van der Waals surface area contributed by atoms with Crippen LogP contribution in [0.1, 0.15) is 17.3 Å². The van der Waals surface area contributed by atoms with Crippen molar-refractivity contribution in [3.63, 3.8) is 0 Å². The molecule has 15 heavy (non-hydrogen) atoms. The van der Waals surface area contributed by atoms with Crippen LogP contribution >= 0.6 is 23.2 Å². The molecule has 3 nitrogen and oxygen atoms in total. The third-order valence-corrected chi connectivity index (χ3v) is 2.77. The first-order valence-corrected chi connectivity index (χ1v) is 5.23. The summed E-state index contributed by atoms with van der Waals surface area (Å²) in [5.41, 5.74) is 6.32. The molecule has 0 bridgehead atoms. The van der Waals surface area contributed by atoms with Crippen LogP contribution in [-0.4, -0.2) is 24.4 Å². The summed E-state index contributed by atoms with van der Waals surface area (Å²) in [6.07, 6.45) is 0. The van der Waals surface area contributed by atoms with Crippen LogP contribution in [0.2, 0.25) is 10.0 Å². The number of benzene rings is 1. The predicted molar refractivity (Wildman–Crippen MR) is 63.5 cm³/mol. The largest absolute Gasteiger partial charge is 0.396 e. The first kappa shape index (κ1) is 12.1. The number of amides is 1. The van der Waals surface area contributed by atoms with Gasteiger partial charge in [0.2, 0.25) is 0 Å². The summed E-state index contributed by atoms with van der Waals surface area (Å²) in [6.45, 7) is 2.51.